The molecule has 2 rings (SSSR count). The smallest absolute Gasteiger partial charge is 0.239 e. The van der Waals surface area contributed by atoms with Crippen molar-refractivity contribution in [2.75, 3.05) is 26.7 Å². The SMILES string of the molecule is CNC1CC(C)CCN(CC2CCCCO2)C1=O. The minimum atomic E-state index is -0.00825. The Bertz CT molecular complexity index is 277. The largest absolute Gasteiger partial charge is 0.376 e. The summed E-state index contributed by atoms with van der Waals surface area (Å²) in [4.78, 5) is 14.4. The summed E-state index contributed by atoms with van der Waals surface area (Å²) in [7, 11) is 1.88. The van der Waals surface area contributed by atoms with Crippen LogP contribution in [-0.2, 0) is 9.53 Å². The highest BCUT2D eigenvalue weighted by Crippen LogP contribution is 2.20. The molecule has 0 spiro atoms. The number of likely N-dealkylation sites (N-methyl/N-ethyl adjacent to an activating group) is 1. The topological polar surface area (TPSA) is 41.6 Å². The van der Waals surface area contributed by atoms with Crippen LogP contribution in [-0.4, -0.2) is 49.7 Å². The Kier molecular flexibility index (Phi) is 5.01. The molecule has 4 heteroatoms. The molecule has 2 fully saturated rings. The number of carbonyl (C=O) groups is 1. The van der Waals surface area contributed by atoms with E-state index < -0.39 is 0 Å². The quantitative estimate of drug-likeness (QED) is 0.828. The van der Waals surface area contributed by atoms with Crippen molar-refractivity contribution in [3.63, 3.8) is 0 Å². The number of hydrogen-bond acceptors (Lipinski definition) is 3. The van der Waals surface area contributed by atoms with Crippen LogP contribution in [0.15, 0.2) is 0 Å². The summed E-state index contributed by atoms with van der Waals surface area (Å²) < 4.78 is 5.75. The highest BCUT2D eigenvalue weighted by Gasteiger charge is 2.30. The fraction of sp³-hybridized carbons (Fsp3) is 0.929. The lowest BCUT2D eigenvalue weighted by Gasteiger charge is -2.30. The first-order valence-electron chi connectivity index (χ1n) is 7.28. The van der Waals surface area contributed by atoms with E-state index in [2.05, 4.69) is 12.2 Å². The van der Waals surface area contributed by atoms with Crippen molar-refractivity contribution in [1.29, 1.82) is 0 Å². The van der Waals surface area contributed by atoms with Gasteiger partial charge in [-0.2, -0.15) is 0 Å². The molecule has 3 unspecified atom stereocenters. The number of amides is 1. The Labute approximate surface area is 110 Å². The molecule has 0 aromatic carbocycles. The molecule has 104 valence electrons. The van der Waals surface area contributed by atoms with Crippen molar-refractivity contribution in [2.45, 2.75) is 51.2 Å². The summed E-state index contributed by atoms with van der Waals surface area (Å²) in [5, 5.41) is 3.16. The summed E-state index contributed by atoms with van der Waals surface area (Å²) in [6.45, 7) is 4.76. The molecule has 3 atom stereocenters. The molecule has 0 radical (unpaired) electrons. The number of likely N-dealkylation sites (tertiary alicyclic amines) is 1. The summed E-state index contributed by atoms with van der Waals surface area (Å²) in [6.07, 6.45) is 5.82. The average molecular weight is 254 g/mol. The number of nitrogens with one attached hydrogen (secondary N) is 1. The van der Waals surface area contributed by atoms with Gasteiger partial charge in [0.25, 0.3) is 0 Å². The molecule has 0 aromatic heterocycles. The van der Waals surface area contributed by atoms with Gasteiger partial charge in [0.1, 0.15) is 0 Å². The predicted molar refractivity (Wildman–Crippen MR) is 71.4 cm³/mol. The molecule has 0 bridgehead atoms. The maximum Gasteiger partial charge on any atom is 0.239 e. The first-order chi connectivity index (χ1) is 8.70. The van der Waals surface area contributed by atoms with Gasteiger partial charge in [-0.15, -0.1) is 0 Å². The first-order valence-corrected chi connectivity index (χ1v) is 7.28. The molecule has 1 N–H and O–H groups in total. The molecule has 4 nitrogen and oxygen atoms in total. The van der Waals surface area contributed by atoms with Gasteiger partial charge in [0.15, 0.2) is 0 Å². The van der Waals surface area contributed by atoms with Gasteiger partial charge in [0.05, 0.1) is 12.1 Å². The molecule has 2 heterocycles. The standard InChI is InChI=1S/C14H26N2O2/c1-11-6-7-16(14(17)13(9-11)15-2)10-12-5-3-4-8-18-12/h11-13,15H,3-10H2,1-2H3. The Balaban J connectivity index is 1.94. The van der Waals surface area contributed by atoms with E-state index in [0.717, 1.165) is 39.0 Å². The highest BCUT2D eigenvalue weighted by atomic mass is 16.5. The van der Waals surface area contributed by atoms with Crippen LogP contribution in [0.25, 0.3) is 0 Å². The molecule has 0 aromatic rings. The summed E-state index contributed by atoms with van der Waals surface area (Å²) >= 11 is 0. The zero-order valence-electron chi connectivity index (χ0n) is 11.7. The fourth-order valence-corrected chi connectivity index (χ4v) is 2.95. The lowest BCUT2D eigenvalue weighted by Crippen LogP contribution is -2.47. The van der Waals surface area contributed by atoms with Gasteiger partial charge in [-0.05, 0) is 45.1 Å². The van der Waals surface area contributed by atoms with Crippen molar-refractivity contribution in [3.05, 3.63) is 0 Å². The van der Waals surface area contributed by atoms with E-state index in [1.54, 1.807) is 0 Å². The van der Waals surface area contributed by atoms with E-state index in [-0.39, 0.29) is 18.1 Å². The van der Waals surface area contributed by atoms with Crippen LogP contribution in [0.2, 0.25) is 0 Å². The molecule has 2 aliphatic heterocycles. The van der Waals surface area contributed by atoms with Crippen molar-refractivity contribution < 1.29 is 9.53 Å². The second kappa shape index (κ2) is 6.53. The van der Waals surface area contributed by atoms with Gasteiger partial charge in [-0.3, -0.25) is 4.79 Å². The number of ether oxygens (including phenoxy) is 1. The Morgan fingerprint density at radius 2 is 2.22 bits per heavy atom. The molecule has 0 aliphatic carbocycles. The zero-order valence-corrected chi connectivity index (χ0v) is 11.7. The van der Waals surface area contributed by atoms with Gasteiger partial charge in [0.2, 0.25) is 5.91 Å². The molecular weight excluding hydrogens is 228 g/mol. The lowest BCUT2D eigenvalue weighted by atomic mass is 10.0. The average Bonchev–Trinajstić information content (AvgIpc) is 2.53. The van der Waals surface area contributed by atoms with E-state index >= 15 is 0 Å². The van der Waals surface area contributed by atoms with Crippen LogP contribution in [0.3, 0.4) is 0 Å². The highest BCUT2D eigenvalue weighted by molar-refractivity contribution is 5.82. The van der Waals surface area contributed by atoms with Gasteiger partial charge in [-0.1, -0.05) is 6.92 Å². The van der Waals surface area contributed by atoms with Crippen LogP contribution in [0.4, 0.5) is 0 Å². The van der Waals surface area contributed by atoms with Crippen molar-refractivity contribution >= 4 is 5.91 Å². The first kappa shape index (κ1) is 13.8. The van der Waals surface area contributed by atoms with Gasteiger partial charge in [-0.25, -0.2) is 0 Å². The predicted octanol–water partition coefficient (Wildman–Crippen LogP) is 1.40. The number of carbonyl (C=O) groups excluding carboxylic acids is 1. The minimum Gasteiger partial charge on any atom is -0.376 e. The van der Waals surface area contributed by atoms with Crippen molar-refractivity contribution in [3.8, 4) is 0 Å². The number of hydrogen-bond donors (Lipinski definition) is 1. The lowest BCUT2D eigenvalue weighted by molar-refractivity contribution is -0.135. The van der Waals surface area contributed by atoms with E-state index in [4.69, 9.17) is 4.74 Å². The zero-order chi connectivity index (χ0) is 13.0. The van der Waals surface area contributed by atoms with Crippen LogP contribution >= 0.6 is 0 Å². The Morgan fingerprint density at radius 3 is 2.89 bits per heavy atom. The van der Waals surface area contributed by atoms with Crippen LogP contribution < -0.4 is 5.32 Å². The van der Waals surface area contributed by atoms with E-state index in [9.17, 15) is 4.79 Å². The molecule has 2 saturated heterocycles. The third-order valence-corrected chi connectivity index (χ3v) is 4.19. The Morgan fingerprint density at radius 1 is 1.39 bits per heavy atom. The third-order valence-electron chi connectivity index (χ3n) is 4.19. The maximum atomic E-state index is 12.4. The monoisotopic (exact) mass is 254 g/mol. The Hall–Kier alpha value is -0.610. The van der Waals surface area contributed by atoms with Crippen molar-refractivity contribution in [1.82, 2.24) is 10.2 Å². The van der Waals surface area contributed by atoms with Gasteiger partial charge in [0, 0.05) is 19.7 Å². The maximum absolute atomic E-state index is 12.4. The van der Waals surface area contributed by atoms with E-state index in [1.807, 2.05) is 11.9 Å². The molecule has 0 saturated carbocycles. The minimum absolute atomic E-state index is 0.00825. The normalized spacial score (nSPS) is 34.4. The third kappa shape index (κ3) is 3.45. The van der Waals surface area contributed by atoms with E-state index in [0.29, 0.717) is 5.92 Å². The van der Waals surface area contributed by atoms with E-state index in [1.165, 1.54) is 12.8 Å². The molecular formula is C14H26N2O2. The van der Waals surface area contributed by atoms with Crippen LogP contribution in [0.1, 0.15) is 39.0 Å². The number of nitrogens with zero attached hydrogens (tertiary/aromatic N) is 1. The molecule has 2 aliphatic rings. The summed E-state index contributed by atoms with van der Waals surface area (Å²) in [6, 6.07) is -0.00825. The molecule has 1 amide bonds. The summed E-state index contributed by atoms with van der Waals surface area (Å²) in [5.74, 6) is 0.875. The second-order valence-corrected chi connectivity index (χ2v) is 5.74. The summed E-state index contributed by atoms with van der Waals surface area (Å²) in [5.41, 5.74) is 0. The fourth-order valence-electron chi connectivity index (χ4n) is 2.95. The number of rotatable bonds is 3. The van der Waals surface area contributed by atoms with Crippen LogP contribution in [0.5, 0.6) is 0 Å². The van der Waals surface area contributed by atoms with Crippen LogP contribution in [0, 0.1) is 5.92 Å². The van der Waals surface area contributed by atoms with Gasteiger partial charge < -0.3 is 15.0 Å². The second-order valence-electron chi connectivity index (χ2n) is 5.74. The molecule has 18 heavy (non-hydrogen) atoms. The van der Waals surface area contributed by atoms with Gasteiger partial charge >= 0.3 is 0 Å². The van der Waals surface area contributed by atoms with Crippen molar-refractivity contribution in [2.24, 2.45) is 5.92 Å².